The van der Waals surface area contributed by atoms with Gasteiger partial charge >= 0.3 is 0 Å². The molecular weight excluding hydrogens is 292 g/mol. The smallest absolute Gasteiger partial charge is 0.138 e. The predicted octanol–water partition coefficient (Wildman–Crippen LogP) is 8.50. The van der Waals surface area contributed by atoms with Crippen LogP contribution in [0.1, 0.15) is 138 Å². The molecule has 0 bridgehead atoms. The monoisotopic (exact) mass is 340 g/mol. The second-order valence-corrected chi connectivity index (χ2v) is 8.37. The van der Waals surface area contributed by atoms with Gasteiger partial charge in [-0.3, -0.25) is 4.79 Å². The summed E-state index contributed by atoms with van der Waals surface area (Å²) in [6.45, 7) is 8.37. The zero-order valence-corrected chi connectivity index (χ0v) is 16.7. The van der Waals surface area contributed by atoms with E-state index in [0.717, 1.165) is 12.8 Å². The molecule has 0 amide bonds. The van der Waals surface area contributed by atoms with Crippen molar-refractivity contribution >= 4 is 5.78 Å². The summed E-state index contributed by atoms with van der Waals surface area (Å²) in [5, 5.41) is 0. The van der Waals surface area contributed by atoms with Gasteiger partial charge in [-0.25, -0.2) is 0 Å². The molecule has 0 atom stereocenters. The minimum absolute atomic E-state index is 0. The molecule has 0 radical (unpaired) electrons. The van der Waals surface area contributed by atoms with E-state index in [1.54, 1.807) is 0 Å². The highest BCUT2D eigenvalue weighted by atomic mass is 16.1. The van der Waals surface area contributed by atoms with Crippen LogP contribution in [0.4, 0.5) is 0 Å². The summed E-state index contributed by atoms with van der Waals surface area (Å²) in [5.74, 6) is 0.423. The molecule has 0 saturated heterocycles. The lowest BCUT2D eigenvalue weighted by Crippen LogP contribution is -2.19. The molecule has 0 aliphatic heterocycles. The summed E-state index contributed by atoms with van der Waals surface area (Å²) in [5.41, 5.74) is -0.143. The van der Waals surface area contributed by atoms with Crippen molar-refractivity contribution in [2.75, 3.05) is 0 Å². The standard InChI is InChI=1S/C22H44O.CH4/c1-5-6-7-8-9-10-11-12-13-14-15-16-17-18-19-20-21(23)22(2,3)4;/h5-20H2,1-4H3;1H4. The zero-order valence-electron chi connectivity index (χ0n) is 16.7. The number of ketones is 1. The minimum Gasteiger partial charge on any atom is -0.299 e. The average Bonchev–Trinajstić information content (AvgIpc) is 2.50. The van der Waals surface area contributed by atoms with Gasteiger partial charge in [0.1, 0.15) is 5.78 Å². The Morgan fingerprint density at radius 1 is 0.583 bits per heavy atom. The Morgan fingerprint density at radius 3 is 1.17 bits per heavy atom. The van der Waals surface area contributed by atoms with Crippen molar-refractivity contribution in [3.05, 3.63) is 0 Å². The Balaban J connectivity index is 0. The Hall–Kier alpha value is -0.330. The molecule has 24 heavy (non-hydrogen) atoms. The summed E-state index contributed by atoms with van der Waals surface area (Å²) in [7, 11) is 0. The zero-order chi connectivity index (χ0) is 17.4. The molecule has 0 aromatic carbocycles. The van der Waals surface area contributed by atoms with Crippen LogP contribution < -0.4 is 0 Å². The van der Waals surface area contributed by atoms with Crippen molar-refractivity contribution in [2.45, 2.75) is 138 Å². The first-order chi connectivity index (χ1) is 11.0. The Kier molecular flexibility index (Phi) is 18.9. The van der Waals surface area contributed by atoms with Gasteiger partial charge in [0.15, 0.2) is 0 Å². The van der Waals surface area contributed by atoms with E-state index < -0.39 is 0 Å². The second kappa shape index (κ2) is 17.5. The second-order valence-electron chi connectivity index (χ2n) is 8.37. The van der Waals surface area contributed by atoms with Crippen LogP contribution in [0.2, 0.25) is 0 Å². The largest absolute Gasteiger partial charge is 0.299 e. The van der Waals surface area contributed by atoms with Gasteiger partial charge in [-0.1, -0.05) is 125 Å². The van der Waals surface area contributed by atoms with E-state index in [1.165, 1.54) is 89.9 Å². The van der Waals surface area contributed by atoms with Crippen molar-refractivity contribution in [3.8, 4) is 0 Å². The average molecular weight is 341 g/mol. The highest BCUT2D eigenvalue weighted by Crippen LogP contribution is 2.19. The molecule has 0 spiro atoms. The van der Waals surface area contributed by atoms with E-state index in [2.05, 4.69) is 6.92 Å². The number of hydrogen-bond donors (Lipinski definition) is 0. The molecule has 0 unspecified atom stereocenters. The first-order valence-corrected chi connectivity index (χ1v) is 10.5. The summed E-state index contributed by atoms with van der Waals surface area (Å²) < 4.78 is 0. The lowest BCUT2D eigenvalue weighted by molar-refractivity contribution is -0.126. The summed E-state index contributed by atoms with van der Waals surface area (Å²) in [4.78, 5) is 11.8. The van der Waals surface area contributed by atoms with Crippen LogP contribution >= 0.6 is 0 Å². The first-order valence-electron chi connectivity index (χ1n) is 10.5. The van der Waals surface area contributed by atoms with Gasteiger partial charge in [0.25, 0.3) is 0 Å². The molecule has 0 aliphatic rings. The van der Waals surface area contributed by atoms with Gasteiger partial charge < -0.3 is 0 Å². The van der Waals surface area contributed by atoms with Crippen molar-refractivity contribution in [3.63, 3.8) is 0 Å². The van der Waals surface area contributed by atoms with Crippen molar-refractivity contribution < 1.29 is 4.79 Å². The summed E-state index contributed by atoms with van der Waals surface area (Å²) >= 11 is 0. The number of rotatable bonds is 16. The predicted molar refractivity (Wildman–Crippen MR) is 111 cm³/mol. The van der Waals surface area contributed by atoms with Crippen molar-refractivity contribution in [1.29, 1.82) is 0 Å². The van der Waals surface area contributed by atoms with Gasteiger partial charge in [0.2, 0.25) is 0 Å². The summed E-state index contributed by atoms with van der Waals surface area (Å²) in [6, 6.07) is 0. The normalized spacial score (nSPS) is 11.3. The van der Waals surface area contributed by atoms with Crippen molar-refractivity contribution in [2.24, 2.45) is 5.41 Å². The van der Waals surface area contributed by atoms with Crippen molar-refractivity contribution in [1.82, 2.24) is 0 Å². The fourth-order valence-electron chi connectivity index (χ4n) is 3.03. The molecule has 0 fully saturated rings. The van der Waals surface area contributed by atoms with Crippen LogP contribution in [0.3, 0.4) is 0 Å². The quantitative estimate of drug-likeness (QED) is 0.257. The van der Waals surface area contributed by atoms with E-state index >= 15 is 0 Å². The fourth-order valence-corrected chi connectivity index (χ4v) is 3.03. The number of hydrogen-bond acceptors (Lipinski definition) is 1. The van der Waals surface area contributed by atoms with Gasteiger partial charge in [-0.05, 0) is 6.42 Å². The third-order valence-electron chi connectivity index (χ3n) is 4.84. The lowest BCUT2D eigenvalue weighted by Gasteiger charge is -2.16. The van der Waals surface area contributed by atoms with Gasteiger partial charge in [-0.15, -0.1) is 0 Å². The first kappa shape index (κ1) is 25.9. The van der Waals surface area contributed by atoms with Crippen LogP contribution in [0.15, 0.2) is 0 Å². The highest BCUT2D eigenvalue weighted by molar-refractivity contribution is 5.83. The molecule has 0 heterocycles. The van der Waals surface area contributed by atoms with E-state index in [4.69, 9.17) is 0 Å². The highest BCUT2D eigenvalue weighted by Gasteiger charge is 2.19. The summed E-state index contributed by atoms with van der Waals surface area (Å²) in [6.07, 6.45) is 21.5. The molecule has 146 valence electrons. The third kappa shape index (κ3) is 18.0. The van der Waals surface area contributed by atoms with Gasteiger partial charge in [-0.2, -0.15) is 0 Å². The van der Waals surface area contributed by atoms with Crippen LogP contribution in [-0.4, -0.2) is 5.78 Å². The maximum Gasteiger partial charge on any atom is 0.138 e. The Bertz CT molecular complexity index is 262. The Morgan fingerprint density at radius 2 is 0.875 bits per heavy atom. The molecule has 0 aromatic rings. The molecule has 0 N–H and O–H groups in total. The van der Waals surface area contributed by atoms with E-state index in [9.17, 15) is 4.79 Å². The van der Waals surface area contributed by atoms with E-state index in [0.29, 0.717) is 5.78 Å². The molecule has 0 rings (SSSR count). The molecule has 0 aromatic heterocycles. The maximum atomic E-state index is 11.8. The van der Waals surface area contributed by atoms with Crippen LogP contribution in [0.5, 0.6) is 0 Å². The molecule has 0 aliphatic carbocycles. The molecular formula is C23H48O. The molecule has 1 nitrogen and oxygen atoms in total. The van der Waals surface area contributed by atoms with E-state index in [-0.39, 0.29) is 12.8 Å². The Labute approximate surface area is 154 Å². The lowest BCUT2D eigenvalue weighted by atomic mass is 9.88. The van der Waals surface area contributed by atoms with E-state index in [1.807, 2.05) is 20.8 Å². The SMILES string of the molecule is C.CCCCCCCCCCCCCCCCCC(=O)C(C)(C)C. The third-order valence-corrected chi connectivity index (χ3v) is 4.84. The van der Waals surface area contributed by atoms with Crippen LogP contribution in [0.25, 0.3) is 0 Å². The maximum absolute atomic E-state index is 11.8. The van der Waals surface area contributed by atoms with Crippen LogP contribution in [0, 0.1) is 5.41 Å². The molecule has 0 saturated carbocycles. The number of unbranched alkanes of at least 4 members (excludes halogenated alkanes) is 14. The number of carbonyl (C=O) groups excluding carboxylic acids is 1. The number of carbonyl (C=O) groups is 1. The van der Waals surface area contributed by atoms with Gasteiger partial charge in [0.05, 0.1) is 0 Å². The molecule has 1 heteroatoms. The number of Topliss-reactive ketones (excluding diaryl/α,β-unsaturated/α-hetero) is 1. The van der Waals surface area contributed by atoms with Crippen LogP contribution in [-0.2, 0) is 4.79 Å². The minimum atomic E-state index is -0.143. The van der Waals surface area contributed by atoms with Gasteiger partial charge in [0, 0.05) is 11.8 Å². The topological polar surface area (TPSA) is 17.1 Å². The fraction of sp³-hybridized carbons (Fsp3) is 0.957.